The van der Waals surface area contributed by atoms with Gasteiger partial charge in [0.05, 0.1) is 10.5 Å². The molecule has 0 bridgehead atoms. The van der Waals surface area contributed by atoms with Gasteiger partial charge < -0.3 is 4.74 Å². The van der Waals surface area contributed by atoms with Gasteiger partial charge in [0, 0.05) is 13.1 Å². The van der Waals surface area contributed by atoms with Crippen LogP contribution in [0.1, 0.15) is 24.1 Å². The predicted molar refractivity (Wildman–Crippen MR) is 105 cm³/mol. The van der Waals surface area contributed by atoms with Crippen molar-refractivity contribution in [3.8, 4) is 0 Å². The van der Waals surface area contributed by atoms with Gasteiger partial charge in [0.2, 0.25) is 0 Å². The Hall–Kier alpha value is -2.93. The van der Waals surface area contributed by atoms with Gasteiger partial charge in [-0.2, -0.15) is 0 Å². The van der Waals surface area contributed by atoms with E-state index < -0.39 is 30.0 Å². The molecule has 0 amide bonds. The van der Waals surface area contributed by atoms with E-state index in [-0.39, 0.29) is 4.47 Å². The first-order valence-corrected chi connectivity index (χ1v) is 9.03. The highest BCUT2D eigenvalue weighted by Gasteiger charge is 2.21. The minimum absolute atomic E-state index is 0.200. The summed E-state index contributed by atoms with van der Waals surface area (Å²) in [5.41, 5.74) is 0.644. The number of aromatic nitrogens is 2. The molecule has 2 aromatic carbocycles. The molecule has 138 valence electrons. The first kappa shape index (κ1) is 18.8. The van der Waals surface area contributed by atoms with Gasteiger partial charge in [-0.25, -0.2) is 9.36 Å². The van der Waals surface area contributed by atoms with E-state index in [2.05, 4.69) is 15.9 Å². The first-order valence-electron chi connectivity index (χ1n) is 8.23. The topological polar surface area (TPSA) is 70.3 Å². The summed E-state index contributed by atoms with van der Waals surface area (Å²) < 4.78 is 7.43. The minimum atomic E-state index is -0.574. The zero-order valence-corrected chi connectivity index (χ0v) is 16.1. The van der Waals surface area contributed by atoms with Crippen molar-refractivity contribution in [2.75, 3.05) is 0 Å². The van der Waals surface area contributed by atoms with Crippen molar-refractivity contribution in [3.05, 3.63) is 103 Å². The fourth-order valence-corrected chi connectivity index (χ4v) is 3.26. The Morgan fingerprint density at radius 2 is 1.52 bits per heavy atom. The van der Waals surface area contributed by atoms with E-state index in [1.54, 1.807) is 0 Å². The van der Waals surface area contributed by atoms with E-state index in [4.69, 9.17) is 4.74 Å². The van der Waals surface area contributed by atoms with E-state index >= 15 is 0 Å². The summed E-state index contributed by atoms with van der Waals surface area (Å²) in [6.45, 7) is 0.779. The van der Waals surface area contributed by atoms with Crippen LogP contribution in [0, 0.1) is 0 Å². The number of nitrogens with zero attached hydrogens (tertiary/aromatic N) is 2. The summed E-state index contributed by atoms with van der Waals surface area (Å²) in [4.78, 5) is 36.5. The Morgan fingerprint density at radius 1 is 1.00 bits per heavy atom. The Labute approximate surface area is 163 Å². The lowest BCUT2D eigenvalue weighted by molar-refractivity contribution is -0.145. The summed E-state index contributed by atoms with van der Waals surface area (Å²) in [5.74, 6) is -0.574. The van der Waals surface area contributed by atoms with E-state index in [1.165, 1.54) is 17.7 Å². The van der Waals surface area contributed by atoms with Crippen molar-refractivity contribution >= 4 is 21.9 Å². The van der Waals surface area contributed by atoms with Crippen molar-refractivity contribution in [2.45, 2.75) is 19.7 Å². The second-order valence-electron chi connectivity index (χ2n) is 5.89. The summed E-state index contributed by atoms with van der Waals surface area (Å²) in [6, 6.07) is 18.6. The molecule has 1 heterocycles. The molecule has 0 atom stereocenters. The molecule has 27 heavy (non-hydrogen) atoms. The number of hydrogen-bond acceptors (Lipinski definition) is 4. The van der Waals surface area contributed by atoms with Crippen LogP contribution in [0.3, 0.4) is 0 Å². The first-order chi connectivity index (χ1) is 13.0. The summed E-state index contributed by atoms with van der Waals surface area (Å²) in [5, 5.41) is 0. The fourth-order valence-electron chi connectivity index (χ4n) is 2.83. The number of halogens is 1. The van der Waals surface area contributed by atoms with Crippen LogP contribution < -0.4 is 11.2 Å². The van der Waals surface area contributed by atoms with E-state index in [1.807, 2.05) is 60.7 Å². The van der Waals surface area contributed by atoms with Gasteiger partial charge in [-0.3, -0.25) is 14.2 Å². The predicted octanol–water partition coefficient (Wildman–Crippen LogP) is 2.93. The second kappa shape index (κ2) is 8.18. The molecule has 0 aliphatic carbocycles. The summed E-state index contributed by atoms with van der Waals surface area (Å²) >= 11 is 3.22. The van der Waals surface area contributed by atoms with Gasteiger partial charge in [-0.15, -0.1) is 0 Å². The quantitative estimate of drug-likeness (QED) is 0.585. The number of carbonyl (C=O) groups is 1. The number of hydrogen-bond donors (Lipinski definition) is 0. The Balaban J connectivity index is 2.23. The third-order valence-electron chi connectivity index (χ3n) is 4.06. The Morgan fingerprint density at radius 3 is 2.00 bits per heavy atom. The molecular formula is C20H17BrN2O4. The molecule has 3 rings (SSSR count). The number of benzene rings is 2. The third-order valence-corrected chi connectivity index (χ3v) is 4.60. The number of esters is 1. The largest absolute Gasteiger partial charge is 0.444 e. The van der Waals surface area contributed by atoms with Crippen molar-refractivity contribution in [3.63, 3.8) is 0 Å². The molecular weight excluding hydrogens is 412 g/mol. The Bertz CT molecular complexity index is 1020. The van der Waals surface area contributed by atoms with Crippen molar-refractivity contribution in [1.29, 1.82) is 0 Å². The molecule has 1 aromatic heterocycles. The molecule has 0 saturated heterocycles. The summed E-state index contributed by atoms with van der Waals surface area (Å²) in [6.07, 6.45) is 1.47. The van der Waals surface area contributed by atoms with Gasteiger partial charge in [0.25, 0.3) is 5.56 Å². The lowest BCUT2D eigenvalue weighted by atomic mass is 9.98. The second-order valence-corrected chi connectivity index (χ2v) is 6.74. The Kier molecular flexibility index (Phi) is 5.71. The van der Waals surface area contributed by atoms with Crippen LogP contribution in [-0.4, -0.2) is 15.1 Å². The van der Waals surface area contributed by atoms with Crippen LogP contribution in [0.15, 0.2) is 80.9 Å². The van der Waals surface area contributed by atoms with Crippen LogP contribution in [-0.2, 0) is 16.3 Å². The van der Waals surface area contributed by atoms with Gasteiger partial charge in [0.1, 0.15) is 0 Å². The molecule has 6 nitrogen and oxygen atoms in total. The van der Waals surface area contributed by atoms with Crippen LogP contribution in [0.25, 0.3) is 0 Å². The maximum atomic E-state index is 13.1. The van der Waals surface area contributed by atoms with Crippen LogP contribution in [0.4, 0.5) is 0 Å². The third kappa shape index (κ3) is 4.09. The van der Waals surface area contributed by atoms with Crippen molar-refractivity contribution in [2.24, 2.45) is 0 Å². The zero-order chi connectivity index (χ0) is 19.4. The fraction of sp³-hybridized carbons (Fsp3) is 0.150. The molecule has 7 heteroatoms. The van der Waals surface area contributed by atoms with Crippen LogP contribution >= 0.6 is 15.9 Å². The molecule has 0 fully saturated rings. The highest BCUT2D eigenvalue weighted by Crippen LogP contribution is 2.25. The standard InChI is InChI=1S/C20H17BrN2O4/c1-14(24)27-13-23-19(25)17(21)12-22(20(23)26)18(15-8-4-2-5-9-15)16-10-6-3-7-11-16/h2-12,18H,13H2,1H3. The zero-order valence-electron chi connectivity index (χ0n) is 14.5. The molecule has 0 aliphatic heterocycles. The van der Waals surface area contributed by atoms with E-state index in [0.29, 0.717) is 0 Å². The number of rotatable bonds is 5. The van der Waals surface area contributed by atoms with Gasteiger partial charge >= 0.3 is 11.7 Å². The molecule has 0 aliphatic rings. The van der Waals surface area contributed by atoms with E-state index in [0.717, 1.165) is 15.7 Å². The highest BCUT2D eigenvalue weighted by molar-refractivity contribution is 9.10. The molecule has 0 unspecified atom stereocenters. The molecule has 0 N–H and O–H groups in total. The molecule has 0 saturated carbocycles. The van der Waals surface area contributed by atoms with Crippen molar-refractivity contribution in [1.82, 2.24) is 9.13 Å². The average Bonchev–Trinajstić information content (AvgIpc) is 2.67. The summed E-state index contributed by atoms with van der Waals surface area (Å²) in [7, 11) is 0. The van der Waals surface area contributed by atoms with Crippen LogP contribution in [0.5, 0.6) is 0 Å². The average molecular weight is 429 g/mol. The van der Waals surface area contributed by atoms with Gasteiger partial charge in [-0.1, -0.05) is 60.7 Å². The molecule has 0 radical (unpaired) electrons. The lowest BCUT2D eigenvalue weighted by Crippen LogP contribution is -2.42. The minimum Gasteiger partial charge on any atom is -0.444 e. The molecule has 3 aromatic rings. The van der Waals surface area contributed by atoms with Gasteiger partial charge in [-0.05, 0) is 27.1 Å². The maximum Gasteiger partial charge on any atom is 0.334 e. The van der Waals surface area contributed by atoms with Gasteiger partial charge in [0.15, 0.2) is 6.73 Å². The monoisotopic (exact) mass is 428 g/mol. The number of carbonyl (C=O) groups excluding carboxylic acids is 1. The normalized spacial score (nSPS) is 10.8. The number of ether oxygens (including phenoxy) is 1. The lowest BCUT2D eigenvalue weighted by Gasteiger charge is -2.22. The molecule has 0 spiro atoms. The van der Waals surface area contributed by atoms with E-state index in [9.17, 15) is 14.4 Å². The smallest absolute Gasteiger partial charge is 0.334 e. The van der Waals surface area contributed by atoms with Crippen molar-refractivity contribution < 1.29 is 9.53 Å². The maximum absolute atomic E-state index is 13.1. The van der Waals surface area contributed by atoms with Crippen LogP contribution in [0.2, 0.25) is 0 Å². The SMILES string of the molecule is CC(=O)OCn1c(=O)c(Br)cn(C(c2ccccc2)c2ccccc2)c1=O. The highest BCUT2D eigenvalue weighted by atomic mass is 79.9.